The maximum Gasteiger partial charge on any atom is 0.266 e. The Morgan fingerprint density at radius 3 is 3.00 bits per heavy atom. The molecule has 0 spiro atoms. The predicted molar refractivity (Wildman–Crippen MR) is 85.3 cm³/mol. The maximum absolute atomic E-state index is 12.9. The Morgan fingerprint density at radius 1 is 1.50 bits per heavy atom. The number of hydrogen-bond donors (Lipinski definition) is 0. The molecule has 1 aromatic rings. The summed E-state index contributed by atoms with van der Waals surface area (Å²) >= 11 is 1.51. The minimum Gasteiger partial charge on any atom is -0.376 e. The molecule has 3 heterocycles. The number of morpholine rings is 1. The van der Waals surface area contributed by atoms with Crippen LogP contribution in [0.5, 0.6) is 0 Å². The molecule has 22 heavy (non-hydrogen) atoms. The van der Waals surface area contributed by atoms with E-state index in [1.165, 1.54) is 11.3 Å². The number of rotatable bonds is 3. The summed E-state index contributed by atoms with van der Waals surface area (Å²) < 4.78 is 11.6. The van der Waals surface area contributed by atoms with Gasteiger partial charge in [0.1, 0.15) is 11.0 Å². The molecule has 0 aromatic carbocycles. The van der Waals surface area contributed by atoms with Crippen molar-refractivity contribution in [3.63, 3.8) is 0 Å². The number of ether oxygens (including phenoxy) is 2. The van der Waals surface area contributed by atoms with Gasteiger partial charge in [-0.3, -0.25) is 4.79 Å². The van der Waals surface area contributed by atoms with Crippen LogP contribution in [0.3, 0.4) is 0 Å². The van der Waals surface area contributed by atoms with Gasteiger partial charge in [-0.25, -0.2) is 4.98 Å². The molecular weight excluding hydrogens is 300 g/mol. The van der Waals surface area contributed by atoms with E-state index in [1.807, 2.05) is 18.7 Å². The summed E-state index contributed by atoms with van der Waals surface area (Å²) in [7, 11) is 0. The van der Waals surface area contributed by atoms with Crippen LogP contribution in [0.15, 0.2) is 6.20 Å². The highest BCUT2D eigenvalue weighted by Crippen LogP contribution is 2.31. The summed E-state index contributed by atoms with van der Waals surface area (Å²) in [5.74, 6) is 0.605. The van der Waals surface area contributed by atoms with Crippen LogP contribution in [0.25, 0.3) is 0 Å². The monoisotopic (exact) mass is 324 g/mol. The second kappa shape index (κ2) is 5.91. The third-order valence-electron chi connectivity index (χ3n) is 4.03. The highest BCUT2D eigenvalue weighted by molar-refractivity contribution is 7.13. The summed E-state index contributed by atoms with van der Waals surface area (Å²) in [6.07, 6.45) is 2.62. The Morgan fingerprint density at radius 2 is 2.27 bits per heavy atom. The quantitative estimate of drug-likeness (QED) is 0.856. The van der Waals surface area contributed by atoms with E-state index in [0.717, 1.165) is 16.3 Å². The lowest BCUT2D eigenvalue weighted by Crippen LogP contribution is -2.60. The lowest BCUT2D eigenvalue weighted by Gasteiger charge is -2.44. The van der Waals surface area contributed by atoms with E-state index in [-0.39, 0.29) is 23.7 Å². The molecule has 0 aliphatic carbocycles. The van der Waals surface area contributed by atoms with Crippen LogP contribution in [0.1, 0.15) is 42.4 Å². The van der Waals surface area contributed by atoms with Crippen molar-refractivity contribution >= 4 is 17.2 Å². The number of carbonyl (C=O) groups excluding carboxylic acids is 1. The number of carbonyl (C=O) groups is 1. The average Bonchev–Trinajstić information content (AvgIpc) is 3.04. The normalized spacial score (nSPS) is 27.2. The Hall–Kier alpha value is -0.980. The summed E-state index contributed by atoms with van der Waals surface area (Å²) in [4.78, 5) is 20.0. The Balaban J connectivity index is 1.79. The third kappa shape index (κ3) is 3.19. The summed E-state index contributed by atoms with van der Waals surface area (Å²) in [6.45, 7) is 10.1. The van der Waals surface area contributed by atoms with E-state index in [2.05, 4.69) is 18.8 Å². The first-order valence-electron chi connectivity index (χ1n) is 7.87. The number of aromatic nitrogens is 1. The Labute approximate surface area is 135 Å². The molecule has 3 rings (SSSR count). The molecule has 0 N–H and O–H groups in total. The van der Waals surface area contributed by atoms with Crippen molar-refractivity contribution < 1.29 is 14.3 Å². The first kappa shape index (κ1) is 15.9. The van der Waals surface area contributed by atoms with Crippen LogP contribution < -0.4 is 0 Å². The minimum absolute atomic E-state index is 0.0178. The zero-order valence-corrected chi connectivity index (χ0v) is 14.5. The summed E-state index contributed by atoms with van der Waals surface area (Å²) in [5, 5.41) is 1.03. The number of thiazole rings is 1. The van der Waals surface area contributed by atoms with Gasteiger partial charge < -0.3 is 14.4 Å². The van der Waals surface area contributed by atoms with Crippen LogP contribution in [0.4, 0.5) is 0 Å². The standard InChI is InChI=1S/C16H24N2O3S/c1-10(2)5-14-17-6-13(22-14)15(19)18-9-16(3,4)21-12-8-20-7-11(12)18/h6,10-12H,5,7-9H2,1-4H3/t11-,12-/m1/s1. The van der Waals surface area contributed by atoms with Crippen molar-refractivity contribution in [1.82, 2.24) is 9.88 Å². The van der Waals surface area contributed by atoms with E-state index in [4.69, 9.17) is 9.47 Å². The van der Waals surface area contributed by atoms with Crippen LogP contribution in [0, 0.1) is 5.92 Å². The zero-order valence-electron chi connectivity index (χ0n) is 13.7. The molecule has 122 valence electrons. The van der Waals surface area contributed by atoms with Crippen LogP contribution in [-0.4, -0.2) is 53.3 Å². The number of hydrogen-bond acceptors (Lipinski definition) is 5. The van der Waals surface area contributed by atoms with Gasteiger partial charge in [0.15, 0.2) is 0 Å². The molecule has 1 amide bonds. The molecule has 0 bridgehead atoms. The molecule has 2 fully saturated rings. The van der Waals surface area contributed by atoms with Crippen LogP contribution in [0.2, 0.25) is 0 Å². The van der Waals surface area contributed by atoms with Crippen LogP contribution in [-0.2, 0) is 15.9 Å². The molecule has 5 nitrogen and oxygen atoms in total. The smallest absolute Gasteiger partial charge is 0.266 e. The largest absolute Gasteiger partial charge is 0.376 e. The summed E-state index contributed by atoms with van der Waals surface area (Å²) in [5.41, 5.74) is -0.337. The van der Waals surface area contributed by atoms with Gasteiger partial charge in [0, 0.05) is 6.42 Å². The predicted octanol–water partition coefficient (Wildman–Crippen LogP) is 2.36. The topological polar surface area (TPSA) is 51.7 Å². The van der Waals surface area contributed by atoms with E-state index in [9.17, 15) is 4.79 Å². The first-order chi connectivity index (χ1) is 10.4. The van der Waals surface area contributed by atoms with Crippen molar-refractivity contribution in [3.8, 4) is 0 Å². The molecule has 1 aromatic heterocycles. The van der Waals surface area contributed by atoms with Gasteiger partial charge >= 0.3 is 0 Å². The van der Waals surface area contributed by atoms with Gasteiger partial charge in [0.2, 0.25) is 0 Å². The van der Waals surface area contributed by atoms with Crippen molar-refractivity contribution in [2.45, 2.75) is 51.9 Å². The van der Waals surface area contributed by atoms with Gasteiger partial charge in [-0.2, -0.15) is 0 Å². The highest BCUT2D eigenvalue weighted by Gasteiger charge is 2.46. The second-order valence-electron chi connectivity index (χ2n) is 7.17. The zero-order chi connectivity index (χ0) is 15.9. The summed E-state index contributed by atoms with van der Waals surface area (Å²) in [6, 6.07) is 0.0242. The second-order valence-corrected chi connectivity index (χ2v) is 8.29. The Kier molecular flexibility index (Phi) is 4.27. The molecular formula is C16H24N2O3S. The van der Waals surface area contributed by atoms with Crippen molar-refractivity contribution in [2.24, 2.45) is 5.92 Å². The molecule has 0 unspecified atom stereocenters. The van der Waals surface area contributed by atoms with Gasteiger partial charge in [-0.1, -0.05) is 13.8 Å². The SMILES string of the molecule is CC(C)Cc1ncc(C(=O)N2CC(C)(C)O[C@@H]3COC[C@H]32)s1. The van der Waals surface area contributed by atoms with E-state index in [1.54, 1.807) is 6.20 Å². The first-order valence-corrected chi connectivity index (χ1v) is 8.68. The minimum atomic E-state index is -0.337. The maximum atomic E-state index is 12.9. The van der Waals surface area contributed by atoms with E-state index in [0.29, 0.717) is 25.7 Å². The third-order valence-corrected chi connectivity index (χ3v) is 5.04. The van der Waals surface area contributed by atoms with Gasteiger partial charge in [0.05, 0.1) is 42.6 Å². The van der Waals surface area contributed by atoms with Crippen molar-refractivity contribution in [1.29, 1.82) is 0 Å². The van der Waals surface area contributed by atoms with Crippen LogP contribution >= 0.6 is 11.3 Å². The molecule has 2 aliphatic rings. The molecule has 2 atom stereocenters. The molecule has 2 saturated heterocycles. The van der Waals surface area contributed by atoms with E-state index >= 15 is 0 Å². The highest BCUT2D eigenvalue weighted by atomic mass is 32.1. The number of fused-ring (bicyclic) bond motifs is 1. The number of amides is 1. The van der Waals surface area contributed by atoms with Crippen molar-refractivity contribution in [3.05, 3.63) is 16.1 Å². The fraction of sp³-hybridized carbons (Fsp3) is 0.750. The molecule has 6 heteroatoms. The molecule has 2 aliphatic heterocycles. The van der Waals surface area contributed by atoms with Gasteiger partial charge in [-0.05, 0) is 19.8 Å². The Bertz CT molecular complexity index is 555. The van der Waals surface area contributed by atoms with Gasteiger partial charge in [-0.15, -0.1) is 11.3 Å². The molecule has 0 saturated carbocycles. The van der Waals surface area contributed by atoms with Gasteiger partial charge in [0.25, 0.3) is 5.91 Å². The number of nitrogens with zero attached hydrogens (tertiary/aromatic N) is 2. The fourth-order valence-corrected chi connectivity index (χ4v) is 4.20. The lowest BCUT2D eigenvalue weighted by molar-refractivity contribution is -0.137. The fourth-order valence-electron chi connectivity index (χ4n) is 3.12. The van der Waals surface area contributed by atoms with Crippen molar-refractivity contribution in [2.75, 3.05) is 19.8 Å². The van der Waals surface area contributed by atoms with E-state index < -0.39 is 0 Å². The average molecular weight is 324 g/mol. The molecule has 0 radical (unpaired) electrons. The lowest BCUT2D eigenvalue weighted by atomic mass is 10.0.